The molecule has 0 bridgehead atoms. The van der Waals surface area contributed by atoms with Crippen molar-refractivity contribution >= 4 is 16.7 Å². The van der Waals surface area contributed by atoms with E-state index in [-0.39, 0.29) is 17.9 Å². The number of aliphatic hydroxyl groups is 1. The molecule has 0 radical (unpaired) electrons. The number of anilines is 1. The molecule has 1 aromatic carbocycles. The molecule has 0 unspecified atom stereocenters. The Kier molecular flexibility index (Phi) is 3.54. The predicted octanol–water partition coefficient (Wildman–Crippen LogP) is 2.64. The molecule has 3 N–H and O–H groups in total. The van der Waals surface area contributed by atoms with Crippen molar-refractivity contribution in [2.24, 2.45) is 0 Å². The minimum absolute atomic E-state index is 0.178. The van der Waals surface area contributed by atoms with Gasteiger partial charge in [0, 0.05) is 23.2 Å². The lowest BCUT2D eigenvalue weighted by Crippen LogP contribution is -2.39. The number of pyridine rings is 1. The summed E-state index contributed by atoms with van der Waals surface area (Å²) < 4.78 is 0. The van der Waals surface area contributed by atoms with Crippen LogP contribution in [0.25, 0.3) is 22.2 Å². The number of hydrogen-bond donors (Lipinski definition) is 3. The van der Waals surface area contributed by atoms with Crippen molar-refractivity contribution in [2.75, 3.05) is 5.32 Å². The van der Waals surface area contributed by atoms with Crippen LogP contribution in [-0.4, -0.2) is 37.5 Å². The number of nitrogens with one attached hydrogen (secondary N) is 1. The summed E-state index contributed by atoms with van der Waals surface area (Å²) in [5.41, 5.74) is 2.93. The first kappa shape index (κ1) is 14.8. The summed E-state index contributed by atoms with van der Waals surface area (Å²) >= 11 is 0. The lowest BCUT2D eigenvalue weighted by Gasteiger charge is -2.32. The van der Waals surface area contributed by atoms with Gasteiger partial charge in [0.15, 0.2) is 5.82 Å². The van der Waals surface area contributed by atoms with Crippen LogP contribution in [0.3, 0.4) is 0 Å². The number of nitrogens with zero attached hydrogens (tertiary/aromatic N) is 3. The van der Waals surface area contributed by atoms with Crippen molar-refractivity contribution in [3.8, 4) is 17.0 Å². The van der Waals surface area contributed by atoms with Crippen LogP contribution in [0.15, 0.2) is 36.5 Å². The van der Waals surface area contributed by atoms with Gasteiger partial charge in [-0.25, -0.2) is 0 Å². The third kappa shape index (κ3) is 2.55. The van der Waals surface area contributed by atoms with Gasteiger partial charge in [0.25, 0.3) is 0 Å². The monoisotopic (exact) mass is 322 g/mol. The van der Waals surface area contributed by atoms with Gasteiger partial charge < -0.3 is 15.5 Å². The molecular formula is C18H18N4O2. The molecule has 2 heterocycles. The van der Waals surface area contributed by atoms with E-state index in [1.54, 1.807) is 12.3 Å². The molecule has 1 fully saturated rings. The van der Waals surface area contributed by atoms with E-state index in [0.717, 1.165) is 10.9 Å². The van der Waals surface area contributed by atoms with E-state index in [1.807, 2.05) is 31.2 Å². The Hall–Kier alpha value is -2.73. The number of aromatic hydroxyl groups is 1. The third-order valence-electron chi connectivity index (χ3n) is 4.40. The predicted molar refractivity (Wildman–Crippen MR) is 91.8 cm³/mol. The van der Waals surface area contributed by atoms with Crippen LogP contribution in [0.4, 0.5) is 5.82 Å². The number of benzene rings is 1. The molecule has 4 rings (SSSR count). The van der Waals surface area contributed by atoms with Crippen LogP contribution >= 0.6 is 0 Å². The van der Waals surface area contributed by atoms with Crippen LogP contribution in [0.2, 0.25) is 0 Å². The highest BCUT2D eigenvalue weighted by atomic mass is 16.3. The smallest absolute Gasteiger partial charge is 0.175 e. The maximum Gasteiger partial charge on any atom is 0.175 e. The van der Waals surface area contributed by atoms with Crippen LogP contribution in [0.1, 0.15) is 18.4 Å². The lowest BCUT2D eigenvalue weighted by molar-refractivity contribution is 0.0835. The highest BCUT2D eigenvalue weighted by Crippen LogP contribution is 2.35. The van der Waals surface area contributed by atoms with Crippen LogP contribution < -0.4 is 5.32 Å². The Morgan fingerprint density at radius 2 is 2.00 bits per heavy atom. The molecule has 0 spiro atoms. The van der Waals surface area contributed by atoms with E-state index < -0.39 is 0 Å². The minimum Gasteiger partial charge on any atom is -0.507 e. The molecule has 0 amide bonds. The van der Waals surface area contributed by atoms with Gasteiger partial charge in [0.05, 0.1) is 6.10 Å². The summed E-state index contributed by atoms with van der Waals surface area (Å²) in [5, 5.41) is 32.4. The summed E-state index contributed by atoms with van der Waals surface area (Å²) in [6.07, 6.45) is 2.88. The van der Waals surface area contributed by atoms with Crippen molar-refractivity contribution < 1.29 is 10.2 Å². The largest absolute Gasteiger partial charge is 0.507 e. The molecule has 2 aromatic heterocycles. The summed E-state index contributed by atoms with van der Waals surface area (Å²) in [4.78, 5) is 4.44. The summed E-state index contributed by atoms with van der Waals surface area (Å²) in [7, 11) is 0. The molecule has 24 heavy (non-hydrogen) atoms. The Morgan fingerprint density at radius 1 is 1.17 bits per heavy atom. The van der Waals surface area contributed by atoms with Gasteiger partial charge in [-0.3, -0.25) is 4.98 Å². The zero-order valence-corrected chi connectivity index (χ0v) is 13.3. The van der Waals surface area contributed by atoms with Gasteiger partial charge in [-0.2, -0.15) is 0 Å². The van der Waals surface area contributed by atoms with Gasteiger partial charge in [0.2, 0.25) is 0 Å². The van der Waals surface area contributed by atoms with Crippen LogP contribution in [0, 0.1) is 6.92 Å². The van der Waals surface area contributed by atoms with E-state index in [2.05, 4.69) is 20.5 Å². The molecule has 0 saturated heterocycles. The number of aromatic nitrogens is 3. The molecular weight excluding hydrogens is 304 g/mol. The summed E-state index contributed by atoms with van der Waals surface area (Å²) in [5.74, 6) is 0.787. The van der Waals surface area contributed by atoms with E-state index >= 15 is 0 Å². The Bertz CT molecular complexity index is 907. The summed E-state index contributed by atoms with van der Waals surface area (Å²) in [6.45, 7) is 1.93. The second-order valence-electron chi connectivity index (χ2n) is 6.28. The van der Waals surface area contributed by atoms with Gasteiger partial charge >= 0.3 is 0 Å². The van der Waals surface area contributed by atoms with E-state index in [1.165, 1.54) is 0 Å². The van der Waals surface area contributed by atoms with E-state index in [4.69, 9.17) is 0 Å². The third-order valence-corrected chi connectivity index (χ3v) is 4.40. The topological polar surface area (TPSA) is 91.2 Å². The molecule has 0 atom stereocenters. The number of rotatable bonds is 3. The SMILES string of the molecule is Cc1ccc(-c2nnc(NC3CC(O)C3)c3ncccc23)c(O)c1. The first-order valence-electron chi connectivity index (χ1n) is 7.98. The minimum atomic E-state index is -0.238. The average Bonchev–Trinajstić information content (AvgIpc) is 2.54. The van der Waals surface area contributed by atoms with Crippen molar-refractivity contribution in [3.05, 3.63) is 42.1 Å². The maximum absolute atomic E-state index is 10.3. The van der Waals surface area contributed by atoms with Crippen molar-refractivity contribution in [1.82, 2.24) is 15.2 Å². The summed E-state index contributed by atoms with van der Waals surface area (Å²) in [6, 6.07) is 9.44. The molecule has 6 nitrogen and oxygen atoms in total. The average molecular weight is 322 g/mol. The van der Waals surface area contributed by atoms with E-state index in [0.29, 0.717) is 35.4 Å². The Labute approximate surface area is 139 Å². The fourth-order valence-corrected chi connectivity index (χ4v) is 3.02. The van der Waals surface area contributed by atoms with Crippen molar-refractivity contribution in [2.45, 2.75) is 31.9 Å². The highest BCUT2D eigenvalue weighted by Gasteiger charge is 2.28. The number of fused-ring (bicyclic) bond motifs is 1. The number of aryl methyl sites for hydroxylation is 1. The first-order chi connectivity index (χ1) is 11.6. The van der Waals surface area contributed by atoms with E-state index in [9.17, 15) is 10.2 Å². The Balaban J connectivity index is 1.80. The highest BCUT2D eigenvalue weighted by molar-refractivity contribution is 5.98. The number of hydrogen-bond acceptors (Lipinski definition) is 6. The normalized spacial score (nSPS) is 19.9. The molecule has 1 aliphatic rings. The Morgan fingerprint density at radius 3 is 2.75 bits per heavy atom. The molecule has 122 valence electrons. The fourth-order valence-electron chi connectivity index (χ4n) is 3.02. The van der Waals surface area contributed by atoms with Crippen LogP contribution in [-0.2, 0) is 0 Å². The second-order valence-corrected chi connectivity index (χ2v) is 6.28. The van der Waals surface area contributed by atoms with Gasteiger partial charge in [-0.1, -0.05) is 6.07 Å². The zero-order chi connectivity index (χ0) is 16.7. The molecule has 3 aromatic rings. The number of phenolic OH excluding ortho intramolecular Hbond substituents is 1. The van der Waals surface area contributed by atoms with Gasteiger partial charge in [-0.05, 0) is 49.6 Å². The molecule has 6 heteroatoms. The molecule has 0 aliphatic heterocycles. The fraction of sp³-hybridized carbons (Fsp3) is 0.278. The second kappa shape index (κ2) is 5.72. The standard InChI is InChI=1S/C18H18N4O2/c1-10-4-5-13(15(24)7-10)16-14-3-2-6-19-17(14)18(22-21-16)20-11-8-12(23)9-11/h2-7,11-12,23-24H,8-9H2,1H3,(H,20,22). The van der Waals surface area contributed by atoms with Crippen LogP contribution in [0.5, 0.6) is 5.75 Å². The quantitative estimate of drug-likeness (QED) is 0.687. The van der Waals surface area contributed by atoms with Crippen molar-refractivity contribution in [3.63, 3.8) is 0 Å². The van der Waals surface area contributed by atoms with Crippen molar-refractivity contribution in [1.29, 1.82) is 0 Å². The first-order valence-corrected chi connectivity index (χ1v) is 7.98. The van der Waals surface area contributed by atoms with Gasteiger partial charge in [-0.15, -0.1) is 10.2 Å². The number of phenols is 1. The molecule has 1 aliphatic carbocycles. The lowest BCUT2D eigenvalue weighted by atomic mass is 9.89. The molecule has 1 saturated carbocycles. The number of aliphatic hydroxyl groups excluding tert-OH is 1. The zero-order valence-electron chi connectivity index (χ0n) is 13.3. The maximum atomic E-state index is 10.3. The van der Waals surface area contributed by atoms with Gasteiger partial charge in [0.1, 0.15) is 17.0 Å².